The molecule has 0 saturated carbocycles. The Morgan fingerprint density at radius 1 is 1.00 bits per heavy atom. The number of ether oxygens (including phenoxy) is 1. The van der Waals surface area contributed by atoms with Crippen LogP contribution in [0, 0.1) is 25.3 Å². The van der Waals surface area contributed by atoms with Crippen molar-refractivity contribution < 1.29 is 17.9 Å². The molecule has 43 heavy (non-hydrogen) atoms. The predicted octanol–water partition coefficient (Wildman–Crippen LogP) is 7.49. The molecule has 3 aromatic carbocycles. The summed E-state index contributed by atoms with van der Waals surface area (Å²) in [6.07, 6.45) is -1.84. The van der Waals surface area contributed by atoms with Gasteiger partial charge in [-0.25, -0.2) is 15.0 Å². The number of hydrazone groups is 1. The van der Waals surface area contributed by atoms with Crippen LogP contribution in [-0.2, 0) is 0 Å². The Morgan fingerprint density at radius 3 is 2.26 bits per heavy atom. The summed E-state index contributed by atoms with van der Waals surface area (Å²) >= 11 is 1.50. The molecule has 0 spiro atoms. The zero-order valence-corrected chi connectivity index (χ0v) is 26.3. The van der Waals surface area contributed by atoms with Gasteiger partial charge >= 0.3 is 6.36 Å². The molecule has 3 N–H and O–H groups in total. The molecule has 0 aliphatic carbocycles. The molecule has 0 heterocycles. The normalized spacial score (nSPS) is 12.8. The topological polar surface area (TPSA) is 96.7 Å². The Kier molecular flexibility index (Phi) is 11.7. The van der Waals surface area contributed by atoms with E-state index in [1.165, 1.54) is 42.4 Å². The van der Waals surface area contributed by atoms with E-state index >= 15 is 0 Å². The lowest BCUT2D eigenvalue weighted by Gasteiger charge is -2.08. The predicted molar refractivity (Wildman–Crippen MR) is 176 cm³/mol. The molecule has 0 saturated heterocycles. The number of nitrogens with one attached hydrogen (secondary N) is 1. The molecule has 0 aromatic heterocycles. The van der Waals surface area contributed by atoms with E-state index in [4.69, 9.17) is 10.7 Å². The summed E-state index contributed by atoms with van der Waals surface area (Å²) < 4.78 is 40.7. The van der Waals surface area contributed by atoms with E-state index in [1.54, 1.807) is 18.3 Å². The summed E-state index contributed by atoms with van der Waals surface area (Å²) in [5, 5.41) is 5.03. The number of nitrogens with two attached hydrogens (primary N) is 1. The standard InChI is InChI=1S/C31H33F3N6OSSi/c1-22-8-6-9-23(2)28(22)39-30(42-18-7-19-43(3,4)5)40-38-20-24-10-12-25(13-11-24)29(35)37-21-36-26-14-16-27(17-15-26)41-31(32,33)34/h6,8-17,20-21H,18H2,1-5H3,(H,39,40)(H2,35,36,37)/b38-20+. The fourth-order valence-electron chi connectivity index (χ4n) is 3.45. The first-order valence-corrected chi connectivity index (χ1v) is 17.7. The van der Waals surface area contributed by atoms with Crippen LogP contribution in [0.3, 0.4) is 0 Å². The van der Waals surface area contributed by atoms with Gasteiger partial charge in [0, 0.05) is 5.56 Å². The number of aryl methyl sites for hydroxylation is 2. The van der Waals surface area contributed by atoms with Crippen molar-refractivity contribution in [2.75, 3.05) is 5.75 Å². The Morgan fingerprint density at radius 2 is 1.65 bits per heavy atom. The average molecular weight is 623 g/mol. The van der Waals surface area contributed by atoms with Gasteiger partial charge in [0.05, 0.1) is 23.3 Å². The van der Waals surface area contributed by atoms with E-state index in [2.05, 4.69) is 56.4 Å². The van der Waals surface area contributed by atoms with E-state index < -0.39 is 14.4 Å². The van der Waals surface area contributed by atoms with Crippen LogP contribution in [0.1, 0.15) is 22.3 Å². The van der Waals surface area contributed by atoms with Gasteiger partial charge in [0.25, 0.3) is 0 Å². The molecule has 0 unspecified atom stereocenters. The molecule has 0 radical (unpaired) electrons. The van der Waals surface area contributed by atoms with Crippen LogP contribution < -0.4 is 15.9 Å². The lowest BCUT2D eigenvalue weighted by molar-refractivity contribution is -0.274. The van der Waals surface area contributed by atoms with Gasteiger partial charge in [-0.2, -0.15) is 5.10 Å². The molecular formula is C31H33F3N6OSSi. The number of halogens is 3. The van der Waals surface area contributed by atoms with Crippen molar-refractivity contribution >= 4 is 54.8 Å². The van der Waals surface area contributed by atoms with E-state index in [1.807, 2.05) is 44.2 Å². The van der Waals surface area contributed by atoms with Crippen molar-refractivity contribution in [2.24, 2.45) is 25.8 Å². The Bertz CT molecular complexity index is 1550. The molecule has 0 fully saturated rings. The maximum absolute atomic E-state index is 12.3. The summed E-state index contributed by atoms with van der Waals surface area (Å²) in [5.74, 6) is 3.75. The second-order valence-electron chi connectivity index (χ2n) is 10.3. The van der Waals surface area contributed by atoms with Gasteiger partial charge in [-0.05, 0) is 54.8 Å². The third-order valence-corrected chi connectivity index (χ3v) is 7.12. The van der Waals surface area contributed by atoms with Crippen LogP contribution in [0.15, 0.2) is 86.8 Å². The van der Waals surface area contributed by atoms with Gasteiger partial charge < -0.3 is 10.5 Å². The van der Waals surface area contributed by atoms with Crippen molar-refractivity contribution in [3.05, 3.63) is 89.0 Å². The molecule has 0 bridgehead atoms. The smallest absolute Gasteiger partial charge is 0.406 e. The number of para-hydroxylation sites is 1. The fraction of sp³-hybridized carbons (Fsp3) is 0.226. The number of nitrogens with zero attached hydrogens (tertiary/aromatic N) is 4. The number of rotatable bonds is 8. The third-order valence-electron chi connectivity index (χ3n) is 5.45. The van der Waals surface area contributed by atoms with Crippen LogP contribution >= 0.6 is 11.8 Å². The van der Waals surface area contributed by atoms with Crippen molar-refractivity contribution in [1.29, 1.82) is 0 Å². The second kappa shape index (κ2) is 15.2. The highest BCUT2D eigenvalue weighted by Gasteiger charge is 2.30. The quantitative estimate of drug-likeness (QED) is 0.0894. The van der Waals surface area contributed by atoms with Gasteiger partial charge in [-0.15, -0.1) is 18.7 Å². The monoisotopic (exact) mass is 622 g/mol. The van der Waals surface area contributed by atoms with Gasteiger partial charge in [-0.1, -0.05) is 79.8 Å². The molecule has 7 nitrogen and oxygen atoms in total. The largest absolute Gasteiger partial charge is 0.573 e. The molecule has 0 aliphatic heterocycles. The van der Waals surface area contributed by atoms with Gasteiger partial charge in [0.15, 0.2) is 5.17 Å². The lowest BCUT2D eigenvalue weighted by atomic mass is 10.1. The summed E-state index contributed by atoms with van der Waals surface area (Å²) in [6, 6.07) is 18.4. The van der Waals surface area contributed by atoms with E-state index in [-0.39, 0.29) is 11.6 Å². The van der Waals surface area contributed by atoms with Crippen LogP contribution in [0.2, 0.25) is 19.6 Å². The molecule has 0 amide bonds. The minimum atomic E-state index is -4.75. The SMILES string of the molecule is Cc1cccc(C)c1N=C(N/N=C/c1ccc(C(N)=NC=Nc2ccc(OC(F)(F)F)cc2)cc1)SCC#C[Si](C)(C)C. The Balaban J connectivity index is 1.65. The third kappa shape index (κ3) is 12.2. The Labute approximate surface area is 255 Å². The molecule has 12 heteroatoms. The van der Waals surface area contributed by atoms with Crippen LogP contribution in [0.5, 0.6) is 5.75 Å². The number of hydrogen-bond acceptors (Lipinski definition) is 5. The van der Waals surface area contributed by atoms with Crippen molar-refractivity contribution in [2.45, 2.75) is 39.9 Å². The minimum Gasteiger partial charge on any atom is -0.406 e. The fourth-order valence-corrected chi connectivity index (χ4v) is 4.75. The highest BCUT2D eigenvalue weighted by molar-refractivity contribution is 8.14. The average Bonchev–Trinajstić information content (AvgIpc) is 2.92. The zero-order valence-electron chi connectivity index (χ0n) is 24.5. The number of hydrogen-bond donors (Lipinski definition) is 2. The molecule has 224 valence electrons. The summed E-state index contributed by atoms with van der Waals surface area (Å²) in [5.41, 5.74) is 17.4. The lowest BCUT2D eigenvalue weighted by Crippen LogP contribution is -2.17. The van der Waals surface area contributed by atoms with Crippen molar-refractivity contribution in [3.63, 3.8) is 0 Å². The van der Waals surface area contributed by atoms with Crippen molar-refractivity contribution in [3.8, 4) is 17.2 Å². The van der Waals surface area contributed by atoms with E-state index in [9.17, 15) is 13.2 Å². The zero-order chi connectivity index (χ0) is 31.5. The molecule has 3 aromatic rings. The first kappa shape index (κ1) is 33.2. The van der Waals surface area contributed by atoms with Gasteiger partial charge in [0.2, 0.25) is 0 Å². The summed E-state index contributed by atoms with van der Waals surface area (Å²) in [7, 11) is -1.46. The number of benzene rings is 3. The highest BCUT2D eigenvalue weighted by atomic mass is 32.2. The van der Waals surface area contributed by atoms with Gasteiger partial charge in [-0.3, -0.25) is 5.43 Å². The molecular weight excluding hydrogens is 590 g/mol. The van der Waals surface area contributed by atoms with Crippen LogP contribution in [-0.4, -0.2) is 43.7 Å². The Hall–Kier alpha value is -4.34. The number of aliphatic imine (C=N–C) groups is 3. The summed E-state index contributed by atoms with van der Waals surface area (Å²) in [4.78, 5) is 13.0. The second-order valence-corrected chi connectivity index (χ2v) is 16.0. The first-order chi connectivity index (χ1) is 20.3. The number of amidine groups is 2. The van der Waals surface area contributed by atoms with Gasteiger partial charge in [0.1, 0.15) is 26.0 Å². The number of alkyl halides is 3. The van der Waals surface area contributed by atoms with Crippen LogP contribution in [0.25, 0.3) is 0 Å². The molecule has 0 atom stereocenters. The number of thioether (sulfide) groups is 1. The first-order valence-electron chi connectivity index (χ1n) is 13.2. The maximum Gasteiger partial charge on any atom is 0.573 e. The van der Waals surface area contributed by atoms with Crippen molar-refractivity contribution in [1.82, 2.24) is 5.43 Å². The molecule has 0 aliphatic rings. The summed E-state index contributed by atoms with van der Waals surface area (Å²) in [6.45, 7) is 10.7. The van der Waals surface area contributed by atoms with Crippen LogP contribution in [0.4, 0.5) is 24.5 Å². The van der Waals surface area contributed by atoms with E-state index in [0.29, 0.717) is 22.2 Å². The minimum absolute atomic E-state index is 0.223. The molecule has 3 rings (SSSR count). The maximum atomic E-state index is 12.3. The highest BCUT2D eigenvalue weighted by Crippen LogP contribution is 2.25. The van der Waals surface area contributed by atoms with E-state index in [0.717, 1.165) is 22.4 Å².